The number of aryl methyl sites for hydroxylation is 1. The lowest BCUT2D eigenvalue weighted by atomic mass is 10.1. The Labute approximate surface area is 100 Å². The molecule has 6 heteroatoms. The third-order valence-corrected chi connectivity index (χ3v) is 3.00. The number of rotatable bonds is 3. The maximum Gasteiger partial charge on any atom is 0.222 e. The first-order valence-electron chi connectivity index (χ1n) is 5.68. The molecule has 17 heavy (non-hydrogen) atoms. The van der Waals surface area contributed by atoms with Gasteiger partial charge >= 0.3 is 0 Å². The van der Waals surface area contributed by atoms with E-state index in [-0.39, 0.29) is 11.8 Å². The van der Waals surface area contributed by atoms with Crippen LogP contribution < -0.4 is 16.0 Å². The molecule has 0 saturated carbocycles. The highest BCUT2D eigenvalue weighted by atomic mass is 16.1. The Kier molecular flexibility index (Phi) is 3.12. The lowest BCUT2D eigenvalue weighted by molar-refractivity contribution is -0.121. The molecule has 1 atom stereocenters. The summed E-state index contributed by atoms with van der Waals surface area (Å²) >= 11 is 0. The van der Waals surface area contributed by atoms with Crippen LogP contribution >= 0.6 is 0 Å². The highest BCUT2D eigenvalue weighted by molar-refractivity contribution is 5.78. The van der Waals surface area contributed by atoms with Crippen LogP contribution in [0.3, 0.4) is 0 Å². The molecular weight excluding hydrogens is 218 g/mol. The molecule has 1 fully saturated rings. The summed E-state index contributed by atoms with van der Waals surface area (Å²) in [4.78, 5) is 21.8. The van der Waals surface area contributed by atoms with E-state index in [4.69, 9.17) is 5.73 Å². The first kappa shape index (κ1) is 11.6. The lowest BCUT2D eigenvalue weighted by Crippen LogP contribution is -2.27. The van der Waals surface area contributed by atoms with Gasteiger partial charge in [0.2, 0.25) is 5.91 Å². The number of carbonyl (C=O) groups is 1. The SMILES string of the molecule is CNc1cc(N2CCC(C(N)=O)C2)nc(C)n1. The van der Waals surface area contributed by atoms with E-state index >= 15 is 0 Å². The molecule has 0 bridgehead atoms. The Bertz CT molecular complexity index is 434. The molecule has 3 N–H and O–H groups in total. The van der Waals surface area contributed by atoms with Crippen molar-refractivity contribution in [2.75, 3.05) is 30.4 Å². The fourth-order valence-electron chi connectivity index (χ4n) is 2.04. The molecule has 6 nitrogen and oxygen atoms in total. The van der Waals surface area contributed by atoms with Gasteiger partial charge in [0.15, 0.2) is 0 Å². The van der Waals surface area contributed by atoms with Crippen LogP contribution in [0, 0.1) is 12.8 Å². The van der Waals surface area contributed by atoms with Crippen molar-refractivity contribution in [3.8, 4) is 0 Å². The third kappa shape index (κ3) is 2.46. The largest absolute Gasteiger partial charge is 0.373 e. The summed E-state index contributed by atoms with van der Waals surface area (Å²) in [6.07, 6.45) is 0.799. The van der Waals surface area contributed by atoms with Crippen molar-refractivity contribution >= 4 is 17.5 Å². The van der Waals surface area contributed by atoms with Gasteiger partial charge in [0.1, 0.15) is 17.5 Å². The van der Waals surface area contributed by atoms with E-state index in [2.05, 4.69) is 20.2 Å². The molecule has 1 amide bonds. The summed E-state index contributed by atoms with van der Waals surface area (Å²) in [6, 6.07) is 1.89. The van der Waals surface area contributed by atoms with Gasteiger partial charge in [0.25, 0.3) is 0 Å². The van der Waals surface area contributed by atoms with E-state index in [1.54, 1.807) is 0 Å². The molecule has 0 radical (unpaired) electrons. The van der Waals surface area contributed by atoms with Gasteiger partial charge in [-0.05, 0) is 13.3 Å². The Balaban J connectivity index is 2.18. The number of aromatic nitrogens is 2. The zero-order chi connectivity index (χ0) is 12.4. The minimum atomic E-state index is -0.230. The number of anilines is 2. The fraction of sp³-hybridized carbons (Fsp3) is 0.545. The number of nitrogens with zero attached hydrogens (tertiary/aromatic N) is 3. The van der Waals surface area contributed by atoms with Crippen molar-refractivity contribution < 1.29 is 4.79 Å². The number of carbonyl (C=O) groups excluding carboxylic acids is 1. The van der Waals surface area contributed by atoms with Crippen molar-refractivity contribution in [2.24, 2.45) is 11.7 Å². The van der Waals surface area contributed by atoms with Gasteiger partial charge in [0, 0.05) is 26.2 Å². The Morgan fingerprint density at radius 3 is 2.94 bits per heavy atom. The van der Waals surface area contributed by atoms with Gasteiger partial charge in [-0.1, -0.05) is 0 Å². The van der Waals surface area contributed by atoms with Crippen LogP contribution in [0.15, 0.2) is 6.07 Å². The van der Waals surface area contributed by atoms with Crippen LogP contribution in [0.5, 0.6) is 0 Å². The first-order valence-corrected chi connectivity index (χ1v) is 5.68. The molecule has 2 rings (SSSR count). The molecule has 0 aliphatic carbocycles. The number of hydrogen-bond acceptors (Lipinski definition) is 5. The summed E-state index contributed by atoms with van der Waals surface area (Å²) in [6.45, 7) is 3.31. The zero-order valence-corrected chi connectivity index (χ0v) is 10.1. The minimum Gasteiger partial charge on any atom is -0.373 e. The summed E-state index contributed by atoms with van der Waals surface area (Å²) in [7, 11) is 1.82. The van der Waals surface area contributed by atoms with Crippen molar-refractivity contribution in [3.63, 3.8) is 0 Å². The van der Waals surface area contributed by atoms with Crippen molar-refractivity contribution in [2.45, 2.75) is 13.3 Å². The summed E-state index contributed by atoms with van der Waals surface area (Å²) in [5.41, 5.74) is 5.31. The van der Waals surface area contributed by atoms with Crippen LogP contribution in [0.25, 0.3) is 0 Å². The van der Waals surface area contributed by atoms with Gasteiger partial charge in [-0.3, -0.25) is 4.79 Å². The van der Waals surface area contributed by atoms with Crippen molar-refractivity contribution in [1.29, 1.82) is 0 Å². The predicted molar refractivity (Wildman–Crippen MR) is 65.8 cm³/mol. The second kappa shape index (κ2) is 4.57. The summed E-state index contributed by atoms with van der Waals surface area (Å²) < 4.78 is 0. The van der Waals surface area contributed by atoms with E-state index < -0.39 is 0 Å². The smallest absolute Gasteiger partial charge is 0.222 e. The molecule has 0 aromatic carbocycles. The van der Waals surface area contributed by atoms with Gasteiger partial charge in [-0.2, -0.15) is 0 Å². The number of hydrogen-bond donors (Lipinski definition) is 2. The highest BCUT2D eigenvalue weighted by Crippen LogP contribution is 2.23. The van der Waals surface area contributed by atoms with Gasteiger partial charge in [-0.25, -0.2) is 9.97 Å². The normalized spacial score (nSPS) is 19.4. The number of nitrogens with two attached hydrogens (primary N) is 1. The van der Waals surface area contributed by atoms with Crippen LogP contribution in [-0.2, 0) is 4.79 Å². The molecule has 1 aromatic rings. The zero-order valence-electron chi connectivity index (χ0n) is 10.1. The second-order valence-corrected chi connectivity index (χ2v) is 4.24. The maximum absolute atomic E-state index is 11.1. The van der Waals surface area contributed by atoms with E-state index in [9.17, 15) is 4.79 Å². The third-order valence-electron chi connectivity index (χ3n) is 3.00. The molecule has 1 saturated heterocycles. The molecule has 1 aromatic heterocycles. The molecule has 0 spiro atoms. The predicted octanol–water partition coefficient (Wildman–Crippen LogP) is 0.138. The quantitative estimate of drug-likeness (QED) is 0.778. The summed E-state index contributed by atoms with van der Waals surface area (Å²) in [5, 5.41) is 3.00. The standard InChI is InChI=1S/C11H17N5O/c1-7-14-9(13-2)5-10(15-7)16-4-3-8(6-16)11(12)17/h5,8H,3-4,6H2,1-2H3,(H2,12,17)(H,13,14,15). The summed E-state index contributed by atoms with van der Waals surface area (Å²) in [5.74, 6) is 2.06. The van der Waals surface area contributed by atoms with Gasteiger partial charge in [-0.15, -0.1) is 0 Å². The fourth-order valence-corrected chi connectivity index (χ4v) is 2.04. The van der Waals surface area contributed by atoms with Crippen molar-refractivity contribution in [3.05, 3.63) is 11.9 Å². The minimum absolute atomic E-state index is 0.0664. The number of amides is 1. The molecule has 1 unspecified atom stereocenters. The Morgan fingerprint density at radius 1 is 1.59 bits per heavy atom. The van der Waals surface area contributed by atoms with Crippen LogP contribution in [0.1, 0.15) is 12.2 Å². The molecule has 2 heterocycles. The Hall–Kier alpha value is -1.85. The number of primary amides is 1. The van der Waals surface area contributed by atoms with Gasteiger partial charge in [0.05, 0.1) is 5.92 Å². The average Bonchev–Trinajstić information content (AvgIpc) is 2.77. The monoisotopic (exact) mass is 235 g/mol. The van der Waals surface area contributed by atoms with Crippen molar-refractivity contribution in [1.82, 2.24) is 9.97 Å². The van der Waals surface area contributed by atoms with Crippen LogP contribution in [0.4, 0.5) is 11.6 Å². The Morgan fingerprint density at radius 2 is 2.35 bits per heavy atom. The molecular formula is C11H17N5O. The topological polar surface area (TPSA) is 84.1 Å². The molecule has 1 aliphatic heterocycles. The number of nitrogens with one attached hydrogen (secondary N) is 1. The maximum atomic E-state index is 11.1. The lowest BCUT2D eigenvalue weighted by Gasteiger charge is -2.18. The van der Waals surface area contributed by atoms with E-state index in [1.807, 2.05) is 20.0 Å². The molecule has 1 aliphatic rings. The second-order valence-electron chi connectivity index (χ2n) is 4.24. The average molecular weight is 235 g/mol. The first-order chi connectivity index (χ1) is 8.10. The van der Waals surface area contributed by atoms with Gasteiger partial charge < -0.3 is 16.0 Å². The van der Waals surface area contributed by atoms with Crippen LogP contribution in [-0.4, -0.2) is 36.0 Å². The van der Waals surface area contributed by atoms with E-state index in [1.165, 1.54) is 0 Å². The van der Waals surface area contributed by atoms with E-state index in [0.717, 1.165) is 30.4 Å². The molecule has 92 valence electrons. The van der Waals surface area contributed by atoms with E-state index in [0.29, 0.717) is 6.54 Å². The highest BCUT2D eigenvalue weighted by Gasteiger charge is 2.27. The van der Waals surface area contributed by atoms with Crippen LogP contribution in [0.2, 0.25) is 0 Å².